The highest BCUT2D eigenvalue weighted by Gasteiger charge is 2.10. The summed E-state index contributed by atoms with van der Waals surface area (Å²) in [6.45, 7) is -1.02. The number of hydrogen-bond donors (Lipinski definition) is 2. The third kappa shape index (κ3) is 7.14. The molecule has 1 aromatic carbocycles. The fraction of sp³-hybridized carbons (Fsp3) is 0.250. The van der Waals surface area contributed by atoms with Gasteiger partial charge in [-0.2, -0.15) is 8.78 Å². The Hall–Kier alpha value is -3.34. The molecule has 2 heterocycles. The van der Waals surface area contributed by atoms with Crippen LogP contribution in [0, 0.1) is 0 Å². The number of aromatic nitrogens is 3. The molecular weight excluding hydrogens is 428 g/mol. The Bertz CT molecular complexity index is 1130. The lowest BCUT2D eigenvalue weighted by atomic mass is 10.1. The number of nitrogens with one attached hydrogen (secondary N) is 2. The molecule has 1 unspecified atom stereocenters. The van der Waals surface area contributed by atoms with E-state index in [1.54, 1.807) is 48.5 Å². The number of ether oxygens (including phenoxy) is 1. The van der Waals surface area contributed by atoms with Gasteiger partial charge in [-0.1, -0.05) is 18.2 Å². The van der Waals surface area contributed by atoms with E-state index >= 15 is 0 Å². The number of hydrogen-bond acceptors (Lipinski definition) is 7. The van der Waals surface area contributed by atoms with Crippen molar-refractivity contribution in [1.29, 1.82) is 0 Å². The van der Waals surface area contributed by atoms with E-state index in [4.69, 9.17) is 0 Å². The Morgan fingerprint density at radius 3 is 2.52 bits per heavy atom. The van der Waals surface area contributed by atoms with E-state index in [1.165, 1.54) is 6.07 Å². The second-order valence-corrected chi connectivity index (χ2v) is 8.60. The molecule has 3 rings (SSSR count). The number of benzene rings is 1. The van der Waals surface area contributed by atoms with Gasteiger partial charge < -0.3 is 10.1 Å². The van der Waals surface area contributed by atoms with Crippen LogP contribution in [0.5, 0.6) is 5.88 Å². The van der Waals surface area contributed by atoms with Crippen LogP contribution >= 0.6 is 0 Å². The SMILES string of the molecule is CC(Cc1cccc(OC(F)F)n1)Nc1ccc(-c2cccc(NS(C)(=O)=O)c2)nn1. The predicted octanol–water partition coefficient (Wildman–Crippen LogP) is 3.55. The minimum absolute atomic E-state index is 0.100. The lowest BCUT2D eigenvalue weighted by Crippen LogP contribution is -2.20. The molecule has 0 aliphatic carbocycles. The Kier molecular flexibility index (Phi) is 6.95. The molecule has 0 spiro atoms. The average molecular weight is 449 g/mol. The molecule has 164 valence electrons. The van der Waals surface area contributed by atoms with Crippen molar-refractivity contribution in [2.75, 3.05) is 16.3 Å². The maximum atomic E-state index is 12.3. The second-order valence-electron chi connectivity index (χ2n) is 6.85. The van der Waals surface area contributed by atoms with Crippen LogP contribution in [0.3, 0.4) is 0 Å². The molecule has 0 saturated carbocycles. The summed E-state index contributed by atoms with van der Waals surface area (Å²) in [5.41, 5.74) is 2.32. The summed E-state index contributed by atoms with van der Waals surface area (Å²) in [7, 11) is -3.38. The molecule has 31 heavy (non-hydrogen) atoms. The van der Waals surface area contributed by atoms with Crippen molar-refractivity contribution in [2.24, 2.45) is 0 Å². The first-order valence-electron chi connectivity index (χ1n) is 9.27. The zero-order valence-corrected chi connectivity index (χ0v) is 17.6. The van der Waals surface area contributed by atoms with Gasteiger partial charge in [0.25, 0.3) is 0 Å². The fourth-order valence-corrected chi connectivity index (χ4v) is 3.42. The molecule has 11 heteroatoms. The van der Waals surface area contributed by atoms with E-state index < -0.39 is 16.6 Å². The summed E-state index contributed by atoms with van der Waals surface area (Å²) in [4.78, 5) is 4.05. The minimum Gasteiger partial charge on any atom is -0.417 e. The van der Waals surface area contributed by atoms with Gasteiger partial charge >= 0.3 is 6.61 Å². The number of sulfonamides is 1. The van der Waals surface area contributed by atoms with Gasteiger partial charge in [-0.05, 0) is 37.3 Å². The van der Waals surface area contributed by atoms with Crippen LogP contribution in [0.2, 0.25) is 0 Å². The topological polar surface area (TPSA) is 106 Å². The van der Waals surface area contributed by atoms with Crippen molar-refractivity contribution in [3.8, 4) is 17.1 Å². The summed E-state index contributed by atoms with van der Waals surface area (Å²) < 4.78 is 54.2. The first-order valence-corrected chi connectivity index (χ1v) is 11.2. The van der Waals surface area contributed by atoms with Crippen LogP contribution in [0.15, 0.2) is 54.6 Å². The summed E-state index contributed by atoms with van der Waals surface area (Å²) in [6, 6.07) is 14.9. The largest absolute Gasteiger partial charge is 0.417 e. The van der Waals surface area contributed by atoms with Gasteiger partial charge in [-0.25, -0.2) is 13.4 Å². The van der Waals surface area contributed by atoms with Gasteiger partial charge in [0, 0.05) is 35.5 Å². The first-order chi connectivity index (χ1) is 14.7. The number of rotatable bonds is 9. The maximum absolute atomic E-state index is 12.3. The molecule has 0 aliphatic heterocycles. The lowest BCUT2D eigenvalue weighted by Gasteiger charge is -2.14. The molecule has 1 atom stereocenters. The third-order valence-corrected chi connectivity index (χ3v) is 4.63. The van der Waals surface area contributed by atoms with E-state index in [0.717, 1.165) is 6.26 Å². The van der Waals surface area contributed by atoms with Gasteiger partial charge in [-0.3, -0.25) is 4.72 Å². The van der Waals surface area contributed by atoms with Crippen LogP contribution in [-0.4, -0.2) is 42.5 Å². The number of halogens is 2. The van der Waals surface area contributed by atoms with Crippen LogP contribution in [0.1, 0.15) is 12.6 Å². The highest BCUT2D eigenvalue weighted by Crippen LogP contribution is 2.22. The molecule has 2 N–H and O–H groups in total. The second kappa shape index (κ2) is 9.65. The predicted molar refractivity (Wildman–Crippen MR) is 114 cm³/mol. The molecule has 0 radical (unpaired) electrons. The zero-order chi connectivity index (χ0) is 22.4. The fourth-order valence-electron chi connectivity index (χ4n) is 2.86. The van der Waals surface area contributed by atoms with Crippen molar-refractivity contribution in [1.82, 2.24) is 15.2 Å². The monoisotopic (exact) mass is 449 g/mol. The lowest BCUT2D eigenvalue weighted by molar-refractivity contribution is -0.0529. The average Bonchev–Trinajstić information content (AvgIpc) is 2.67. The van der Waals surface area contributed by atoms with E-state index in [9.17, 15) is 17.2 Å². The Morgan fingerprint density at radius 1 is 1.06 bits per heavy atom. The van der Waals surface area contributed by atoms with E-state index in [0.29, 0.717) is 34.9 Å². The normalized spacial score (nSPS) is 12.4. The van der Waals surface area contributed by atoms with E-state index in [-0.39, 0.29) is 11.9 Å². The standard InChI is InChI=1S/C20H21F2N5O3S/c1-13(11-15-6-4-8-19(24-15)30-20(21)22)23-18-10-9-17(25-26-18)14-5-3-7-16(12-14)27-31(2,28)29/h3-10,12-13,20,27H,11H2,1-2H3,(H,23,26). The van der Waals surface area contributed by atoms with Gasteiger partial charge in [0.2, 0.25) is 15.9 Å². The van der Waals surface area contributed by atoms with Crippen LogP contribution in [0.25, 0.3) is 11.3 Å². The molecule has 0 bridgehead atoms. The van der Waals surface area contributed by atoms with E-state index in [2.05, 4.69) is 30.0 Å². The Labute approximate surface area is 178 Å². The highest BCUT2D eigenvalue weighted by molar-refractivity contribution is 7.92. The zero-order valence-electron chi connectivity index (χ0n) is 16.8. The molecule has 0 amide bonds. The quantitative estimate of drug-likeness (QED) is 0.515. The van der Waals surface area contributed by atoms with Gasteiger partial charge in [0.05, 0.1) is 11.9 Å². The van der Waals surface area contributed by atoms with Crippen LogP contribution in [-0.2, 0) is 16.4 Å². The van der Waals surface area contributed by atoms with Crippen LogP contribution in [0.4, 0.5) is 20.3 Å². The van der Waals surface area contributed by atoms with Crippen molar-refractivity contribution in [3.63, 3.8) is 0 Å². The minimum atomic E-state index is -3.38. The van der Waals surface area contributed by atoms with Crippen molar-refractivity contribution >= 4 is 21.5 Å². The van der Waals surface area contributed by atoms with Crippen molar-refractivity contribution in [3.05, 3.63) is 60.3 Å². The third-order valence-electron chi connectivity index (χ3n) is 4.03. The number of alkyl halides is 2. The number of nitrogens with zero attached hydrogens (tertiary/aromatic N) is 3. The summed E-state index contributed by atoms with van der Waals surface area (Å²) >= 11 is 0. The van der Waals surface area contributed by atoms with Gasteiger partial charge in [0.15, 0.2) is 0 Å². The summed E-state index contributed by atoms with van der Waals surface area (Å²) in [6.07, 6.45) is 1.54. The maximum Gasteiger partial charge on any atom is 0.388 e. The Morgan fingerprint density at radius 2 is 1.84 bits per heavy atom. The van der Waals surface area contributed by atoms with E-state index in [1.807, 2.05) is 6.92 Å². The first kappa shape index (κ1) is 22.3. The molecule has 0 fully saturated rings. The highest BCUT2D eigenvalue weighted by atomic mass is 32.2. The smallest absolute Gasteiger partial charge is 0.388 e. The van der Waals surface area contributed by atoms with Gasteiger partial charge in [-0.15, -0.1) is 10.2 Å². The summed E-state index contributed by atoms with van der Waals surface area (Å²) in [5.74, 6) is 0.401. The van der Waals surface area contributed by atoms with Crippen molar-refractivity contribution in [2.45, 2.75) is 26.0 Å². The van der Waals surface area contributed by atoms with Crippen molar-refractivity contribution < 1.29 is 21.9 Å². The molecular formula is C20H21F2N5O3S. The number of pyridine rings is 1. The molecule has 0 saturated heterocycles. The summed E-state index contributed by atoms with van der Waals surface area (Å²) in [5, 5.41) is 11.5. The molecule has 8 nitrogen and oxygen atoms in total. The molecule has 2 aromatic heterocycles. The molecule has 0 aliphatic rings. The molecule has 3 aromatic rings. The van der Waals surface area contributed by atoms with Gasteiger partial charge in [0.1, 0.15) is 5.82 Å². The number of anilines is 2. The Balaban J connectivity index is 1.64. The van der Waals surface area contributed by atoms with Crippen LogP contribution < -0.4 is 14.8 Å².